The fourth-order valence-corrected chi connectivity index (χ4v) is 4.02. The fraction of sp³-hybridized carbons (Fsp3) is 0.750. The van der Waals surface area contributed by atoms with E-state index in [1.807, 2.05) is 0 Å². The van der Waals surface area contributed by atoms with Crippen LogP contribution in [0.25, 0.3) is 0 Å². The number of rotatable bonds is 3. The summed E-state index contributed by atoms with van der Waals surface area (Å²) in [4.78, 5) is 26.0. The molecule has 0 saturated carbocycles. The van der Waals surface area contributed by atoms with Gasteiger partial charge in [-0.2, -0.15) is 0 Å². The highest BCUT2D eigenvalue weighted by atomic mass is 28.4. The van der Waals surface area contributed by atoms with Gasteiger partial charge in [-0.3, -0.25) is 14.3 Å². The molecule has 8 heteroatoms. The SMILES string of the molecule is Cc1cn([C@H]2C[C@H](O[Si](C)(C)C(C)(C)C)[C@@]3(CO3)O2)c(=O)[nH]c1=O. The Hall–Kier alpha value is -1.22. The van der Waals surface area contributed by atoms with Gasteiger partial charge in [0.05, 0.1) is 0 Å². The first-order valence-electron chi connectivity index (χ1n) is 8.27. The number of aryl methyl sites for hydroxylation is 1. The third kappa shape index (κ3) is 2.92. The molecule has 7 nitrogen and oxygen atoms in total. The number of hydrogen-bond donors (Lipinski definition) is 1. The topological polar surface area (TPSA) is 85.8 Å². The minimum absolute atomic E-state index is 0.0760. The first-order chi connectivity index (χ1) is 11.0. The molecule has 2 saturated heterocycles. The van der Waals surface area contributed by atoms with Gasteiger partial charge in [-0.1, -0.05) is 20.8 Å². The average molecular weight is 354 g/mol. The molecule has 0 unspecified atom stereocenters. The Morgan fingerprint density at radius 1 is 1.38 bits per heavy atom. The smallest absolute Gasteiger partial charge is 0.330 e. The molecular formula is C16H26N2O5Si. The number of aromatic nitrogens is 2. The summed E-state index contributed by atoms with van der Waals surface area (Å²) in [6.07, 6.45) is 1.36. The van der Waals surface area contributed by atoms with Crippen LogP contribution in [0.3, 0.4) is 0 Å². The van der Waals surface area contributed by atoms with Gasteiger partial charge in [0.15, 0.2) is 8.32 Å². The van der Waals surface area contributed by atoms with Crippen LogP contribution >= 0.6 is 0 Å². The van der Waals surface area contributed by atoms with Crippen LogP contribution in [0.4, 0.5) is 0 Å². The standard InChI is InChI=1S/C16H26N2O5Si/c1-10-8-18(14(20)17-13(10)19)12-7-11(16(22-12)9-21-16)23-24(5,6)15(2,3)4/h8,11-12H,7,9H2,1-6H3,(H,17,19,20)/t11-,12+,16+/m0/s1. The lowest BCUT2D eigenvalue weighted by Gasteiger charge is -2.38. The predicted octanol–water partition coefficient (Wildman–Crippen LogP) is 1.88. The lowest BCUT2D eigenvalue weighted by Crippen LogP contribution is -2.46. The van der Waals surface area contributed by atoms with Crippen LogP contribution in [-0.4, -0.2) is 36.4 Å². The first-order valence-corrected chi connectivity index (χ1v) is 11.2. The maximum absolute atomic E-state index is 12.1. The van der Waals surface area contributed by atoms with Crippen LogP contribution < -0.4 is 11.2 Å². The second-order valence-corrected chi connectivity index (χ2v) is 13.0. The lowest BCUT2D eigenvalue weighted by atomic mass is 10.2. The molecule has 134 valence electrons. The third-order valence-corrected chi connectivity index (χ3v) is 9.86. The van der Waals surface area contributed by atoms with Crippen LogP contribution in [-0.2, 0) is 13.9 Å². The summed E-state index contributed by atoms with van der Waals surface area (Å²) in [6, 6.07) is 0. The van der Waals surface area contributed by atoms with Crippen molar-refractivity contribution in [2.24, 2.45) is 0 Å². The summed E-state index contributed by atoms with van der Waals surface area (Å²) in [5.41, 5.74) is -0.377. The van der Waals surface area contributed by atoms with Crippen LogP contribution in [0, 0.1) is 6.92 Å². The number of epoxide rings is 1. The Morgan fingerprint density at radius 3 is 2.54 bits per heavy atom. The van der Waals surface area contributed by atoms with E-state index < -0.39 is 26.0 Å². The van der Waals surface area contributed by atoms with E-state index in [2.05, 4.69) is 38.8 Å². The van der Waals surface area contributed by atoms with Crippen molar-refractivity contribution in [3.8, 4) is 0 Å². The molecule has 0 amide bonds. The van der Waals surface area contributed by atoms with Crippen molar-refractivity contribution < 1.29 is 13.9 Å². The largest absolute Gasteiger partial charge is 0.408 e. The zero-order chi connectivity index (χ0) is 17.9. The predicted molar refractivity (Wildman–Crippen MR) is 91.6 cm³/mol. The summed E-state index contributed by atoms with van der Waals surface area (Å²) < 4.78 is 19.5. The highest BCUT2D eigenvalue weighted by molar-refractivity contribution is 6.74. The average Bonchev–Trinajstić information content (AvgIpc) is 3.12. The van der Waals surface area contributed by atoms with E-state index in [0.717, 1.165) is 0 Å². The van der Waals surface area contributed by atoms with Crippen molar-refractivity contribution in [2.45, 2.75) is 70.4 Å². The summed E-state index contributed by atoms with van der Waals surface area (Å²) in [5.74, 6) is -0.746. The molecule has 2 fully saturated rings. The summed E-state index contributed by atoms with van der Waals surface area (Å²) in [7, 11) is -1.99. The van der Waals surface area contributed by atoms with Crippen molar-refractivity contribution >= 4 is 8.32 Å². The molecule has 0 bridgehead atoms. The van der Waals surface area contributed by atoms with E-state index in [1.165, 1.54) is 10.8 Å². The quantitative estimate of drug-likeness (QED) is 0.662. The molecule has 0 aliphatic carbocycles. The number of nitrogens with zero attached hydrogens (tertiary/aromatic N) is 1. The number of nitrogens with one attached hydrogen (secondary N) is 1. The number of aromatic amines is 1. The molecule has 24 heavy (non-hydrogen) atoms. The summed E-state index contributed by atoms with van der Waals surface area (Å²) in [5, 5.41) is 0.0760. The third-order valence-electron chi connectivity index (χ3n) is 5.37. The Labute approximate surface area is 142 Å². The molecule has 3 heterocycles. The van der Waals surface area contributed by atoms with Crippen molar-refractivity contribution in [3.63, 3.8) is 0 Å². The van der Waals surface area contributed by atoms with Gasteiger partial charge >= 0.3 is 5.69 Å². The zero-order valence-electron chi connectivity index (χ0n) is 15.1. The Balaban J connectivity index is 1.86. The summed E-state index contributed by atoms with van der Waals surface area (Å²) in [6.45, 7) is 13.1. The molecule has 3 atom stereocenters. The van der Waals surface area contributed by atoms with Gasteiger partial charge < -0.3 is 13.9 Å². The van der Waals surface area contributed by atoms with Gasteiger partial charge in [-0.25, -0.2) is 4.79 Å². The van der Waals surface area contributed by atoms with Gasteiger partial charge in [0.1, 0.15) is 18.9 Å². The van der Waals surface area contributed by atoms with Gasteiger partial charge in [0, 0.05) is 18.2 Å². The normalized spacial score (nSPS) is 30.1. The van der Waals surface area contributed by atoms with Crippen molar-refractivity contribution in [1.29, 1.82) is 0 Å². The van der Waals surface area contributed by atoms with E-state index in [4.69, 9.17) is 13.9 Å². The number of hydrogen-bond acceptors (Lipinski definition) is 5. The maximum atomic E-state index is 12.1. The lowest BCUT2D eigenvalue weighted by molar-refractivity contribution is -0.0954. The molecule has 3 rings (SSSR count). The molecular weight excluding hydrogens is 328 g/mol. The van der Waals surface area contributed by atoms with Crippen LogP contribution in [0.2, 0.25) is 18.1 Å². The molecule has 0 aromatic carbocycles. The van der Waals surface area contributed by atoms with E-state index in [1.54, 1.807) is 6.92 Å². The minimum atomic E-state index is -1.99. The van der Waals surface area contributed by atoms with E-state index >= 15 is 0 Å². The molecule has 1 aromatic heterocycles. The van der Waals surface area contributed by atoms with E-state index in [9.17, 15) is 9.59 Å². The molecule has 1 spiro atoms. The molecule has 2 aliphatic rings. The molecule has 0 radical (unpaired) electrons. The van der Waals surface area contributed by atoms with Crippen molar-refractivity contribution in [1.82, 2.24) is 9.55 Å². The number of ether oxygens (including phenoxy) is 2. The zero-order valence-corrected chi connectivity index (χ0v) is 16.1. The molecule has 1 N–H and O–H groups in total. The highest BCUT2D eigenvalue weighted by Crippen LogP contribution is 2.50. The Bertz CT molecular complexity index is 757. The number of H-pyrrole nitrogens is 1. The van der Waals surface area contributed by atoms with Crippen LogP contribution in [0.1, 0.15) is 39.0 Å². The van der Waals surface area contributed by atoms with E-state index in [-0.39, 0.29) is 16.7 Å². The van der Waals surface area contributed by atoms with Crippen LogP contribution in [0.5, 0.6) is 0 Å². The van der Waals surface area contributed by atoms with Crippen molar-refractivity contribution in [2.75, 3.05) is 6.61 Å². The molecule has 2 aliphatic heterocycles. The summed E-state index contributed by atoms with van der Waals surface area (Å²) >= 11 is 0. The Morgan fingerprint density at radius 2 is 2.00 bits per heavy atom. The van der Waals surface area contributed by atoms with Gasteiger partial charge in [-0.05, 0) is 25.1 Å². The monoisotopic (exact) mass is 354 g/mol. The second kappa shape index (κ2) is 5.39. The minimum Gasteiger partial charge on any atom is -0.408 e. The maximum Gasteiger partial charge on any atom is 0.330 e. The van der Waals surface area contributed by atoms with Gasteiger partial charge in [0.25, 0.3) is 5.56 Å². The fourth-order valence-electron chi connectivity index (χ4n) is 2.68. The second-order valence-electron chi connectivity index (χ2n) is 8.25. The van der Waals surface area contributed by atoms with Crippen molar-refractivity contribution in [3.05, 3.63) is 32.6 Å². The van der Waals surface area contributed by atoms with Gasteiger partial charge in [0.2, 0.25) is 5.79 Å². The van der Waals surface area contributed by atoms with Crippen LogP contribution in [0.15, 0.2) is 15.8 Å². The van der Waals surface area contributed by atoms with E-state index in [0.29, 0.717) is 18.6 Å². The first kappa shape index (κ1) is 17.6. The molecule has 1 aromatic rings. The van der Waals surface area contributed by atoms with Gasteiger partial charge in [-0.15, -0.1) is 0 Å². The highest BCUT2D eigenvalue weighted by Gasteiger charge is 2.62. The Kier molecular flexibility index (Phi) is 3.95.